The molecule has 10 rings (SSSR count). The molecule has 4 N–H and O–H groups in total. The topological polar surface area (TPSA) is 183 Å². The lowest BCUT2D eigenvalue weighted by molar-refractivity contribution is -0.122. The van der Waals surface area contributed by atoms with Gasteiger partial charge in [0.1, 0.15) is 5.78 Å². The van der Waals surface area contributed by atoms with Crippen molar-refractivity contribution in [2.75, 3.05) is 44.6 Å². The fourth-order valence-electron chi connectivity index (χ4n) is 9.54. The second-order valence-corrected chi connectivity index (χ2v) is 23.6. The molecular formula is C54H58N8O6S4. The number of unbranched alkanes of at least 4 members (excludes halogenated alkanes) is 1. The van der Waals surface area contributed by atoms with Crippen LogP contribution in [0.4, 0.5) is 5.00 Å². The molecule has 4 saturated heterocycles. The second kappa shape index (κ2) is 23.0. The van der Waals surface area contributed by atoms with Gasteiger partial charge >= 0.3 is 0 Å². The summed E-state index contributed by atoms with van der Waals surface area (Å²) in [5.74, 6) is 0.717. The van der Waals surface area contributed by atoms with Gasteiger partial charge in [-0.2, -0.15) is 0 Å². The predicted molar refractivity (Wildman–Crippen MR) is 284 cm³/mol. The Balaban J connectivity index is 0.578. The Bertz CT molecular complexity index is 2700. The number of ketones is 2. The first-order valence-electron chi connectivity index (χ1n) is 25.0. The summed E-state index contributed by atoms with van der Waals surface area (Å²) in [7, 11) is 0. The van der Waals surface area contributed by atoms with E-state index in [9.17, 15) is 28.8 Å². The zero-order valence-electron chi connectivity index (χ0n) is 40.0. The molecule has 4 aliphatic heterocycles. The van der Waals surface area contributed by atoms with E-state index in [1.54, 1.807) is 34.8 Å². The molecule has 2 aromatic carbocycles. The molecule has 4 aliphatic rings. The van der Waals surface area contributed by atoms with Gasteiger partial charge in [0.05, 0.1) is 46.6 Å². The normalized spacial score (nSPS) is 17.9. The van der Waals surface area contributed by atoms with Crippen molar-refractivity contribution in [3.05, 3.63) is 121 Å². The van der Waals surface area contributed by atoms with Crippen molar-refractivity contribution in [1.82, 2.24) is 35.7 Å². The van der Waals surface area contributed by atoms with E-state index in [4.69, 9.17) is 4.98 Å². The highest BCUT2D eigenvalue weighted by molar-refractivity contribution is 7.18. The maximum Gasteiger partial charge on any atom is 0.264 e. The average Bonchev–Trinajstić information content (AvgIpc) is 4.22. The van der Waals surface area contributed by atoms with E-state index in [1.165, 1.54) is 22.7 Å². The van der Waals surface area contributed by atoms with Crippen molar-refractivity contribution in [3.8, 4) is 20.9 Å². The zero-order chi connectivity index (χ0) is 49.6. The molecule has 2 atom stereocenters. The number of hydrogen-bond acceptors (Lipinski definition) is 14. The van der Waals surface area contributed by atoms with Crippen molar-refractivity contribution in [2.24, 2.45) is 0 Å². The van der Waals surface area contributed by atoms with Gasteiger partial charge in [-0.05, 0) is 105 Å². The van der Waals surface area contributed by atoms with Gasteiger partial charge < -0.3 is 31.1 Å². The summed E-state index contributed by atoms with van der Waals surface area (Å²) >= 11 is 6.03. The Morgan fingerprint density at radius 3 is 1.79 bits per heavy atom. The van der Waals surface area contributed by atoms with Crippen LogP contribution in [0.15, 0.2) is 85.2 Å². The van der Waals surface area contributed by atoms with Crippen LogP contribution in [0.2, 0.25) is 0 Å². The van der Waals surface area contributed by atoms with E-state index in [0.717, 1.165) is 85.7 Å². The third kappa shape index (κ3) is 12.2. The number of carbonyl (C=O) groups is 6. The Labute approximate surface area is 435 Å². The number of nitrogens with one attached hydrogen (secondary N) is 4. The summed E-state index contributed by atoms with van der Waals surface area (Å²) < 4.78 is 0. The fraction of sp³-hybridized carbons (Fsp3) is 0.407. The molecule has 14 nitrogen and oxygen atoms in total. The van der Waals surface area contributed by atoms with Crippen LogP contribution in [-0.4, -0.2) is 106 Å². The summed E-state index contributed by atoms with van der Waals surface area (Å²) in [6.07, 6.45) is 11.2. The van der Waals surface area contributed by atoms with Gasteiger partial charge in [-0.1, -0.05) is 48.5 Å². The van der Waals surface area contributed by atoms with Crippen LogP contribution in [0.1, 0.15) is 115 Å². The Kier molecular flexibility index (Phi) is 15.9. The average molecular weight is 1040 g/mol. The number of anilines is 1. The van der Waals surface area contributed by atoms with Crippen LogP contribution in [-0.2, 0) is 38.6 Å². The van der Waals surface area contributed by atoms with E-state index in [-0.39, 0.29) is 59.1 Å². The van der Waals surface area contributed by atoms with Crippen LogP contribution in [0.5, 0.6) is 0 Å². The van der Waals surface area contributed by atoms with E-state index in [1.807, 2.05) is 58.6 Å². The SMILES string of the molecule is O=C(CCCCC(=O)NCc1ccc(-c2cnc(C3CN(C(=O)c4ccc(NC(=O)[C@@H]5CCCN5)s4)C3)s2)cc1)CCc1ccc(-c2cnc(C3CN(C(=O)c4ccc(CC(=O)[C@@H]5CCCN5)s4)C3)s2)cc1. The van der Waals surface area contributed by atoms with Crippen molar-refractivity contribution in [1.29, 1.82) is 0 Å². The van der Waals surface area contributed by atoms with Crippen LogP contribution in [0, 0.1) is 0 Å². The number of Topliss-reactive ketones (excluding diaryl/α,β-unsaturated/α-hetero) is 2. The van der Waals surface area contributed by atoms with Crippen molar-refractivity contribution in [2.45, 2.75) is 101 Å². The zero-order valence-corrected chi connectivity index (χ0v) is 43.3. The lowest BCUT2D eigenvalue weighted by Gasteiger charge is -2.37. The van der Waals surface area contributed by atoms with Gasteiger partial charge in [-0.25, -0.2) is 9.97 Å². The molecule has 4 fully saturated rings. The molecule has 0 unspecified atom stereocenters. The van der Waals surface area contributed by atoms with Gasteiger partial charge in [0.15, 0.2) is 5.78 Å². The number of aryl methyl sites for hydroxylation is 1. The Hall–Kier alpha value is -5.76. The lowest BCUT2D eigenvalue weighted by atomic mass is 10.0. The maximum absolute atomic E-state index is 13.2. The van der Waals surface area contributed by atoms with Gasteiger partial charge in [0.25, 0.3) is 11.8 Å². The highest BCUT2D eigenvalue weighted by Gasteiger charge is 2.36. The molecule has 0 bridgehead atoms. The number of rotatable bonds is 21. The number of thiazole rings is 2. The smallest absolute Gasteiger partial charge is 0.264 e. The van der Waals surface area contributed by atoms with E-state index in [0.29, 0.717) is 92.4 Å². The fourth-order valence-corrected chi connectivity index (χ4v) is 13.4. The number of amides is 4. The minimum Gasteiger partial charge on any atom is -0.352 e. The van der Waals surface area contributed by atoms with Crippen LogP contribution < -0.4 is 21.3 Å². The molecule has 0 aliphatic carbocycles. The first-order chi connectivity index (χ1) is 35.1. The number of likely N-dealkylation sites (tertiary alicyclic amines) is 2. The maximum atomic E-state index is 13.2. The van der Waals surface area contributed by atoms with Crippen LogP contribution in [0.25, 0.3) is 20.9 Å². The second-order valence-electron chi connectivity index (χ2n) is 19.2. The third-order valence-electron chi connectivity index (χ3n) is 14.0. The molecule has 72 heavy (non-hydrogen) atoms. The summed E-state index contributed by atoms with van der Waals surface area (Å²) in [5, 5.41) is 15.1. The summed E-state index contributed by atoms with van der Waals surface area (Å²) in [6, 6.07) is 23.5. The summed E-state index contributed by atoms with van der Waals surface area (Å²) in [5.41, 5.74) is 4.23. The number of carbonyl (C=O) groups excluding carboxylic acids is 6. The first-order valence-corrected chi connectivity index (χ1v) is 28.3. The highest BCUT2D eigenvalue weighted by Crippen LogP contribution is 2.38. The Morgan fingerprint density at radius 1 is 0.611 bits per heavy atom. The van der Waals surface area contributed by atoms with Gasteiger partial charge in [-0.3, -0.25) is 28.8 Å². The van der Waals surface area contributed by atoms with Crippen molar-refractivity contribution < 1.29 is 28.8 Å². The van der Waals surface area contributed by atoms with E-state index < -0.39 is 0 Å². The monoisotopic (exact) mass is 1040 g/mol. The molecular weight excluding hydrogens is 985 g/mol. The molecule has 374 valence electrons. The standard InChI is InChI=1S/C54H58N8O6S4/c63-39(18-13-33-9-14-35(15-10-33)46-27-58-51(71-46)37-29-61(30-37)53(67)44-20-19-40(69-44)25-43(64)41-6-3-23-55-41)5-1-2-8-48(65)57-26-34-11-16-36(17-12-34)47-28-59-52(72-47)38-31-62(32-38)54(68)45-21-22-49(70-45)60-50(66)42-7-4-24-56-42/h9-12,14-17,19-22,27-28,37-38,41-42,55-56H,1-8,13,18,23-26,29-32H2,(H,57,65)(H,60,66)/t41-,42-/m0/s1. The molecule has 0 radical (unpaired) electrons. The first kappa shape index (κ1) is 49.8. The van der Waals surface area contributed by atoms with Crippen molar-refractivity contribution >= 4 is 85.5 Å². The van der Waals surface area contributed by atoms with Crippen LogP contribution in [0.3, 0.4) is 0 Å². The molecule has 8 heterocycles. The minimum atomic E-state index is -0.168. The predicted octanol–water partition coefficient (Wildman–Crippen LogP) is 8.47. The van der Waals surface area contributed by atoms with Gasteiger partial charge in [0, 0.05) is 87.5 Å². The minimum absolute atomic E-state index is 0.0180. The van der Waals surface area contributed by atoms with E-state index in [2.05, 4.69) is 50.5 Å². The number of aromatic nitrogens is 2. The van der Waals surface area contributed by atoms with Crippen LogP contribution >= 0.6 is 45.3 Å². The highest BCUT2D eigenvalue weighted by atomic mass is 32.1. The largest absolute Gasteiger partial charge is 0.352 e. The molecule has 4 aromatic heterocycles. The molecule has 18 heteroatoms. The molecule has 4 amide bonds. The van der Waals surface area contributed by atoms with Gasteiger partial charge in [-0.15, -0.1) is 45.3 Å². The lowest BCUT2D eigenvalue weighted by Crippen LogP contribution is -2.48. The number of hydrogen-bond donors (Lipinski definition) is 4. The third-order valence-corrected chi connectivity index (χ3v) is 18.4. The summed E-state index contributed by atoms with van der Waals surface area (Å²) in [4.78, 5) is 94.1. The quantitative estimate of drug-likeness (QED) is 0.0511. The Morgan fingerprint density at radius 2 is 1.18 bits per heavy atom. The van der Waals surface area contributed by atoms with E-state index >= 15 is 0 Å². The number of thiophene rings is 2. The van der Waals surface area contributed by atoms with Gasteiger partial charge in [0.2, 0.25) is 11.8 Å². The number of benzene rings is 2. The molecule has 6 aromatic rings. The molecule has 0 saturated carbocycles. The molecule has 0 spiro atoms. The summed E-state index contributed by atoms with van der Waals surface area (Å²) in [6.45, 7) is 4.66. The van der Waals surface area contributed by atoms with Crippen molar-refractivity contribution in [3.63, 3.8) is 0 Å². The number of nitrogens with zero attached hydrogens (tertiary/aromatic N) is 4.